The lowest BCUT2D eigenvalue weighted by atomic mass is 9.92. The topological polar surface area (TPSA) is 38.9 Å². The Morgan fingerprint density at radius 3 is 1.61 bits per heavy atom. The fourth-order valence-electron chi connectivity index (χ4n) is 7.40. The second-order valence-electron chi connectivity index (χ2n) is 13.0. The number of hydrogen-bond donors (Lipinski definition) is 0. The Morgan fingerprint density at radius 2 is 0.882 bits per heavy atom. The smallest absolute Gasteiger partial charge is 0.161 e. The third-order valence-electron chi connectivity index (χ3n) is 9.90. The molecule has 0 aliphatic carbocycles. The quantitative estimate of drug-likeness (QED) is 0.186. The van der Waals surface area contributed by atoms with Gasteiger partial charge in [0.05, 0.1) is 11.4 Å². The molecule has 8 aromatic carbocycles. The molecule has 0 saturated carbocycles. The largest absolute Gasteiger partial charge is 0.456 e. The van der Waals surface area contributed by atoms with Crippen molar-refractivity contribution < 1.29 is 4.42 Å². The van der Waals surface area contributed by atoms with Gasteiger partial charge in [0.2, 0.25) is 0 Å². The number of hydrogen-bond acceptors (Lipinski definition) is 3. The van der Waals surface area contributed by atoms with Crippen molar-refractivity contribution in [1.29, 1.82) is 0 Å². The van der Waals surface area contributed by atoms with Gasteiger partial charge in [-0.2, -0.15) is 0 Å². The van der Waals surface area contributed by atoms with Crippen LogP contribution in [-0.2, 0) is 0 Å². The lowest BCUT2D eigenvalue weighted by Gasteiger charge is -2.14. The number of benzene rings is 8. The molecule has 51 heavy (non-hydrogen) atoms. The van der Waals surface area contributed by atoms with Crippen LogP contribution in [-0.4, -0.2) is 9.97 Å². The Bertz CT molecular complexity index is 2890. The Hall–Kier alpha value is -6.84. The second-order valence-corrected chi connectivity index (χ2v) is 13.0. The van der Waals surface area contributed by atoms with Gasteiger partial charge >= 0.3 is 0 Å². The summed E-state index contributed by atoms with van der Waals surface area (Å²) in [6.45, 7) is 0. The lowest BCUT2D eigenvalue weighted by molar-refractivity contribution is 0.669. The molecule has 238 valence electrons. The van der Waals surface area contributed by atoms with Gasteiger partial charge in [-0.1, -0.05) is 152 Å². The molecule has 0 bridgehead atoms. The zero-order valence-corrected chi connectivity index (χ0v) is 27.6. The van der Waals surface area contributed by atoms with E-state index in [1.807, 2.05) is 12.1 Å². The molecule has 0 N–H and O–H groups in total. The van der Waals surface area contributed by atoms with E-state index in [9.17, 15) is 0 Å². The molecule has 10 rings (SSSR count). The molecule has 0 spiro atoms. The van der Waals surface area contributed by atoms with Gasteiger partial charge in [-0.3, -0.25) is 0 Å². The average molecular weight is 651 g/mol. The van der Waals surface area contributed by atoms with Crippen LogP contribution in [0.4, 0.5) is 0 Å². The summed E-state index contributed by atoms with van der Waals surface area (Å²) >= 11 is 0. The van der Waals surface area contributed by atoms with E-state index < -0.39 is 0 Å². The zero-order chi connectivity index (χ0) is 33.7. The molecular weight excluding hydrogens is 621 g/mol. The standard InChI is InChI=1S/C48H30N2O/c1-3-12-31(13-4-1)32-22-24-34(25-23-32)44-30-43(33-14-5-2-6-15-33)49-48(50-44)41-27-26-39(37-18-9-10-19-38(37)41)40-20-11-21-45-47(40)42-28-35-16-7-8-17-36(35)29-46(42)51-45/h1-30H. The molecule has 3 nitrogen and oxygen atoms in total. The fraction of sp³-hybridized carbons (Fsp3) is 0. The number of fused-ring (bicyclic) bond motifs is 5. The Morgan fingerprint density at radius 1 is 0.333 bits per heavy atom. The van der Waals surface area contributed by atoms with E-state index in [0.717, 1.165) is 71.9 Å². The second kappa shape index (κ2) is 11.9. The van der Waals surface area contributed by atoms with Crippen LogP contribution in [0.15, 0.2) is 186 Å². The van der Waals surface area contributed by atoms with Gasteiger partial charge in [-0.05, 0) is 74.1 Å². The van der Waals surface area contributed by atoms with E-state index in [-0.39, 0.29) is 0 Å². The van der Waals surface area contributed by atoms with E-state index in [4.69, 9.17) is 14.4 Å². The molecule has 0 radical (unpaired) electrons. The van der Waals surface area contributed by atoms with Gasteiger partial charge in [0, 0.05) is 27.5 Å². The lowest BCUT2D eigenvalue weighted by Crippen LogP contribution is -1.97. The summed E-state index contributed by atoms with van der Waals surface area (Å²) in [7, 11) is 0. The molecule has 0 aliphatic heterocycles. The van der Waals surface area contributed by atoms with Crippen LogP contribution in [0, 0.1) is 0 Å². The molecule has 10 aromatic rings. The van der Waals surface area contributed by atoms with Crippen molar-refractivity contribution in [1.82, 2.24) is 9.97 Å². The van der Waals surface area contributed by atoms with Crippen LogP contribution >= 0.6 is 0 Å². The highest BCUT2D eigenvalue weighted by molar-refractivity contribution is 6.18. The summed E-state index contributed by atoms with van der Waals surface area (Å²) in [4.78, 5) is 10.4. The predicted octanol–water partition coefficient (Wildman–Crippen LogP) is 13.0. The van der Waals surface area contributed by atoms with E-state index >= 15 is 0 Å². The Balaban J connectivity index is 1.15. The number of aromatic nitrogens is 2. The number of nitrogens with zero attached hydrogens (tertiary/aromatic N) is 2. The predicted molar refractivity (Wildman–Crippen MR) is 212 cm³/mol. The molecular formula is C48H30N2O. The van der Waals surface area contributed by atoms with E-state index in [2.05, 4.69) is 170 Å². The van der Waals surface area contributed by atoms with Crippen molar-refractivity contribution >= 4 is 43.5 Å². The van der Waals surface area contributed by atoms with Crippen molar-refractivity contribution in [3.8, 4) is 56.2 Å². The van der Waals surface area contributed by atoms with Gasteiger partial charge in [-0.15, -0.1) is 0 Å². The van der Waals surface area contributed by atoms with Crippen molar-refractivity contribution in [2.24, 2.45) is 0 Å². The summed E-state index contributed by atoms with van der Waals surface area (Å²) in [6, 6.07) is 63.8. The zero-order valence-electron chi connectivity index (χ0n) is 27.6. The van der Waals surface area contributed by atoms with Crippen LogP contribution in [0.2, 0.25) is 0 Å². The van der Waals surface area contributed by atoms with E-state index in [1.54, 1.807) is 0 Å². The third-order valence-corrected chi connectivity index (χ3v) is 9.90. The van der Waals surface area contributed by atoms with Crippen LogP contribution in [0.5, 0.6) is 0 Å². The van der Waals surface area contributed by atoms with Gasteiger partial charge in [-0.25, -0.2) is 9.97 Å². The molecule has 2 heterocycles. The van der Waals surface area contributed by atoms with Crippen LogP contribution in [0.25, 0.3) is 99.6 Å². The van der Waals surface area contributed by atoms with Gasteiger partial charge in [0.1, 0.15) is 11.2 Å². The minimum atomic E-state index is 0.694. The maximum absolute atomic E-state index is 6.45. The normalized spacial score (nSPS) is 11.5. The maximum Gasteiger partial charge on any atom is 0.161 e. The summed E-state index contributed by atoms with van der Waals surface area (Å²) in [6.07, 6.45) is 0. The van der Waals surface area contributed by atoms with Crippen molar-refractivity contribution in [2.75, 3.05) is 0 Å². The minimum Gasteiger partial charge on any atom is -0.456 e. The molecule has 0 fully saturated rings. The van der Waals surface area contributed by atoms with Crippen LogP contribution in [0.3, 0.4) is 0 Å². The number of furan rings is 1. The Kier molecular flexibility index (Phi) is 6.81. The first-order valence-electron chi connectivity index (χ1n) is 17.2. The molecule has 2 aromatic heterocycles. The Labute approximate surface area is 295 Å². The van der Waals surface area contributed by atoms with Gasteiger partial charge in [0.25, 0.3) is 0 Å². The van der Waals surface area contributed by atoms with Gasteiger partial charge < -0.3 is 4.42 Å². The van der Waals surface area contributed by atoms with Crippen LogP contribution in [0.1, 0.15) is 0 Å². The summed E-state index contributed by atoms with van der Waals surface area (Å²) in [5.41, 5.74) is 11.3. The van der Waals surface area contributed by atoms with Crippen molar-refractivity contribution in [3.05, 3.63) is 182 Å². The minimum absolute atomic E-state index is 0.694. The van der Waals surface area contributed by atoms with Crippen molar-refractivity contribution in [2.45, 2.75) is 0 Å². The highest BCUT2D eigenvalue weighted by Gasteiger charge is 2.18. The third kappa shape index (κ3) is 5.06. The van der Waals surface area contributed by atoms with E-state index in [0.29, 0.717) is 5.82 Å². The van der Waals surface area contributed by atoms with E-state index in [1.165, 1.54) is 21.9 Å². The molecule has 0 amide bonds. The highest BCUT2D eigenvalue weighted by atomic mass is 16.3. The maximum atomic E-state index is 6.45. The van der Waals surface area contributed by atoms with Gasteiger partial charge in [0.15, 0.2) is 5.82 Å². The first-order valence-corrected chi connectivity index (χ1v) is 17.2. The van der Waals surface area contributed by atoms with Crippen LogP contribution < -0.4 is 0 Å². The first kappa shape index (κ1) is 29.1. The fourth-order valence-corrected chi connectivity index (χ4v) is 7.40. The molecule has 0 atom stereocenters. The molecule has 0 unspecified atom stereocenters. The SMILES string of the molecule is c1ccc(-c2ccc(-c3cc(-c4ccccc4)nc(-c4ccc(-c5cccc6oc7cc8ccccc8cc7c56)c5ccccc45)n3)cc2)cc1. The molecule has 0 saturated heterocycles. The summed E-state index contributed by atoms with van der Waals surface area (Å²) in [5, 5.41) is 6.85. The first-order chi connectivity index (χ1) is 25.3. The monoisotopic (exact) mass is 650 g/mol. The summed E-state index contributed by atoms with van der Waals surface area (Å²) < 4.78 is 6.45. The highest BCUT2D eigenvalue weighted by Crippen LogP contribution is 2.42. The average Bonchev–Trinajstić information content (AvgIpc) is 3.57. The molecule has 0 aliphatic rings. The summed E-state index contributed by atoms with van der Waals surface area (Å²) in [5.74, 6) is 0.694. The molecule has 3 heteroatoms. The number of rotatable bonds is 5. The van der Waals surface area contributed by atoms with Crippen molar-refractivity contribution in [3.63, 3.8) is 0 Å².